The highest BCUT2D eigenvalue weighted by atomic mass is 16.3. The van der Waals surface area contributed by atoms with Gasteiger partial charge in [-0.2, -0.15) is 0 Å². The van der Waals surface area contributed by atoms with Crippen molar-refractivity contribution in [2.45, 2.75) is 6.92 Å². The van der Waals surface area contributed by atoms with Gasteiger partial charge in [0.2, 0.25) is 5.91 Å². The maximum absolute atomic E-state index is 10.8. The standard InChI is InChI=1S/C8H8N2O2/c1-5-6(8(9)11)3-2-4-7(5)10-12/h2-4H,1H3,(H2,9,11). The molecule has 4 nitrogen and oxygen atoms in total. The Morgan fingerprint density at radius 1 is 1.50 bits per heavy atom. The average molecular weight is 164 g/mol. The fraction of sp³-hybridized carbons (Fsp3) is 0.125. The average Bonchev–Trinajstić information content (AvgIpc) is 2.04. The molecule has 0 aliphatic heterocycles. The van der Waals surface area contributed by atoms with Crippen molar-refractivity contribution in [3.8, 4) is 0 Å². The van der Waals surface area contributed by atoms with Crippen LogP contribution in [0, 0.1) is 11.8 Å². The number of nitrogens with zero attached hydrogens (tertiary/aromatic N) is 1. The predicted molar refractivity (Wildman–Crippen MR) is 45.2 cm³/mol. The molecule has 2 N–H and O–H groups in total. The van der Waals surface area contributed by atoms with Crippen molar-refractivity contribution in [2.75, 3.05) is 0 Å². The van der Waals surface area contributed by atoms with Crippen molar-refractivity contribution in [3.63, 3.8) is 0 Å². The quantitative estimate of drug-likeness (QED) is 0.672. The first kappa shape index (κ1) is 8.39. The van der Waals surface area contributed by atoms with Gasteiger partial charge in [-0.3, -0.25) is 4.79 Å². The van der Waals surface area contributed by atoms with Gasteiger partial charge in [0.25, 0.3) is 0 Å². The molecule has 0 unspecified atom stereocenters. The zero-order valence-electron chi connectivity index (χ0n) is 6.57. The van der Waals surface area contributed by atoms with E-state index >= 15 is 0 Å². The third kappa shape index (κ3) is 1.32. The second-order valence-corrected chi connectivity index (χ2v) is 2.41. The van der Waals surface area contributed by atoms with Crippen LogP contribution in [0.4, 0.5) is 5.69 Å². The smallest absolute Gasteiger partial charge is 0.249 e. The van der Waals surface area contributed by atoms with Crippen LogP contribution in [0.1, 0.15) is 15.9 Å². The number of carbonyl (C=O) groups excluding carboxylic acids is 1. The highest BCUT2D eigenvalue weighted by Crippen LogP contribution is 2.20. The molecule has 0 saturated heterocycles. The lowest BCUT2D eigenvalue weighted by Gasteiger charge is -2.01. The van der Waals surface area contributed by atoms with E-state index in [0.29, 0.717) is 11.1 Å². The van der Waals surface area contributed by atoms with Crippen LogP contribution in [0.5, 0.6) is 0 Å². The number of hydrogen-bond donors (Lipinski definition) is 1. The molecule has 0 heterocycles. The number of hydrogen-bond acceptors (Lipinski definition) is 3. The van der Waals surface area contributed by atoms with Crippen molar-refractivity contribution in [1.29, 1.82) is 0 Å². The number of rotatable bonds is 2. The van der Waals surface area contributed by atoms with E-state index in [2.05, 4.69) is 5.18 Å². The fourth-order valence-corrected chi connectivity index (χ4v) is 0.989. The maximum atomic E-state index is 10.8. The molecule has 1 rings (SSSR count). The van der Waals surface area contributed by atoms with Gasteiger partial charge in [0.05, 0.1) is 0 Å². The summed E-state index contributed by atoms with van der Waals surface area (Å²) in [7, 11) is 0. The molecule has 4 heteroatoms. The first-order valence-electron chi connectivity index (χ1n) is 3.39. The summed E-state index contributed by atoms with van der Waals surface area (Å²) in [5.74, 6) is -0.544. The zero-order chi connectivity index (χ0) is 9.14. The molecule has 12 heavy (non-hydrogen) atoms. The molecule has 1 aromatic carbocycles. The Morgan fingerprint density at radius 2 is 2.17 bits per heavy atom. The minimum atomic E-state index is -0.544. The molecular weight excluding hydrogens is 156 g/mol. The van der Waals surface area contributed by atoms with Crippen LogP contribution in [0.15, 0.2) is 23.4 Å². The molecule has 0 aliphatic rings. The fourth-order valence-electron chi connectivity index (χ4n) is 0.989. The molecular formula is C8H8N2O2. The Bertz CT molecular complexity index is 334. The Hall–Kier alpha value is -1.71. The lowest BCUT2D eigenvalue weighted by molar-refractivity contribution is 0.1000. The monoisotopic (exact) mass is 164 g/mol. The van der Waals surface area contributed by atoms with E-state index in [1.165, 1.54) is 6.07 Å². The first-order chi connectivity index (χ1) is 5.66. The molecule has 0 saturated carbocycles. The third-order valence-electron chi connectivity index (χ3n) is 1.67. The summed E-state index contributed by atoms with van der Waals surface area (Å²) in [6.45, 7) is 1.64. The zero-order valence-corrected chi connectivity index (χ0v) is 6.57. The summed E-state index contributed by atoms with van der Waals surface area (Å²) in [6, 6.07) is 4.67. The van der Waals surface area contributed by atoms with Crippen molar-refractivity contribution in [1.82, 2.24) is 0 Å². The van der Waals surface area contributed by atoms with Crippen LogP contribution in [0.2, 0.25) is 0 Å². The lowest BCUT2D eigenvalue weighted by atomic mass is 10.1. The van der Waals surface area contributed by atoms with E-state index < -0.39 is 5.91 Å². The van der Waals surface area contributed by atoms with E-state index in [0.717, 1.165) is 0 Å². The Morgan fingerprint density at radius 3 is 2.67 bits per heavy atom. The number of primary amides is 1. The first-order valence-corrected chi connectivity index (χ1v) is 3.39. The van der Waals surface area contributed by atoms with Gasteiger partial charge < -0.3 is 5.73 Å². The summed E-state index contributed by atoms with van der Waals surface area (Å²) in [5.41, 5.74) is 6.18. The summed E-state index contributed by atoms with van der Waals surface area (Å²) in [6.07, 6.45) is 0. The van der Waals surface area contributed by atoms with Crippen molar-refractivity contribution in [3.05, 3.63) is 34.2 Å². The van der Waals surface area contributed by atoms with Gasteiger partial charge in [0.1, 0.15) is 5.69 Å². The molecule has 0 bridgehead atoms. The molecule has 1 amide bonds. The molecule has 62 valence electrons. The second kappa shape index (κ2) is 3.13. The Labute approximate surface area is 69.4 Å². The molecule has 0 fully saturated rings. The van der Waals surface area contributed by atoms with Gasteiger partial charge in [0.15, 0.2) is 0 Å². The van der Waals surface area contributed by atoms with Crippen molar-refractivity contribution in [2.24, 2.45) is 10.9 Å². The largest absolute Gasteiger partial charge is 0.366 e. The van der Waals surface area contributed by atoms with E-state index in [4.69, 9.17) is 5.73 Å². The number of nitrogens with two attached hydrogens (primary N) is 1. The Kier molecular flexibility index (Phi) is 2.19. The van der Waals surface area contributed by atoms with Crippen LogP contribution in [-0.2, 0) is 0 Å². The van der Waals surface area contributed by atoms with Crippen molar-refractivity contribution >= 4 is 11.6 Å². The highest BCUT2D eigenvalue weighted by molar-refractivity contribution is 5.95. The van der Waals surface area contributed by atoms with E-state index in [1.54, 1.807) is 19.1 Å². The maximum Gasteiger partial charge on any atom is 0.249 e. The van der Waals surface area contributed by atoms with Crippen LogP contribution in [-0.4, -0.2) is 5.91 Å². The van der Waals surface area contributed by atoms with Crippen molar-refractivity contribution < 1.29 is 4.79 Å². The third-order valence-corrected chi connectivity index (χ3v) is 1.67. The topological polar surface area (TPSA) is 72.5 Å². The van der Waals surface area contributed by atoms with E-state index in [9.17, 15) is 9.70 Å². The predicted octanol–water partition coefficient (Wildman–Crippen LogP) is 1.49. The van der Waals surface area contributed by atoms with E-state index in [-0.39, 0.29) is 5.69 Å². The molecule has 0 aromatic heterocycles. The normalized spacial score (nSPS) is 9.42. The molecule has 0 aliphatic carbocycles. The van der Waals surface area contributed by atoms with E-state index in [1.807, 2.05) is 0 Å². The van der Waals surface area contributed by atoms with Crippen LogP contribution in [0.25, 0.3) is 0 Å². The molecule has 0 atom stereocenters. The number of nitroso groups, excluding NO2 is 1. The molecule has 0 spiro atoms. The molecule has 0 radical (unpaired) electrons. The van der Waals surface area contributed by atoms with Crippen LogP contribution >= 0.6 is 0 Å². The second-order valence-electron chi connectivity index (χ2n) is 2.41. The lowest BCUT2D eigenvalue weighted by Crippen LogP contribution is -2.12. The summed E-state index contributed by atoms with van der Waals surface area (Å²) in [4.78, 5) is 21.0. The SMILES string of the molecule is Cc1c(N=O)cccc1C(N)=O. The van der Waals surface area contributed by atoms with Gasteiger partial charge in [-0.15, -0.1) is 4.91 Å². The Balaban J connectivity index is 3.32. The summed E-state index contributed by atoms with van der Waals surface area (Å²) >= 11 is 0. The van der Waals surface area contributed by atoms with Gasteiger partial charge in [-0.1, -0.05) is 6.07 Å². The van der Waals surface area contributed by atoms with Gasteiger partial charge in [0, 0.05) is 5.56 Å². The van der Waals surface area contributed by atoms with Gasteiger partial charge in [-0.05, 0) is 29.8 Å². The number of benzene rings is 1. The minimum Gasteiger partial charge on any atom is -0.366 e. The van der Waals surface area contributed by atoms with Crippen LogP contribution in [0.3, 0.4) is 0 Å². The van der Waals surface area contributed by atoms with Gasteiger partial charge >= 0.3 is 0 Å². The molecule has 1 aromatic rings. The number of amides is 1. The van der Waals surface area contributed by atoms with Gasteiger partial charge in [-0.25, -0.2) is 0 Å². The highest BCUT2D eigenvalue weighted by Gasteiger charge is 2.07. The van der Waals surface area contributed by atoms with Crippen LogP contribution < -0.4 is 5.73 Å². The minimum absolute atomic E-state index is 0.256. The summed E-state index contributed by atoms with van der Waals surface area (Å²) < 4.78 is 0. The summed E-state index contributed by atoms with van der Waals surface area (Å²) in [5, 5.41) is 2.76. The number of carbonyl (C=O) groups is 1.